The highest BCUT2D eigenvalue weighted by molar-refractivity contribution is 5.94. The summed E-state index contributed by atoms with van der Waals surface area (Å²) in [6.45, 7) is 0.0659. The summed E-state index contributed by atoms with van der Waals surface area (Å²) >= 11 is 0. The normalized spacial score (nSPS) is 11.1. The number of carbonyl (C=O) groups excluding carboxylic acids is 2. The van der Waals surface area contributed by atoms with Gasteiger partial charge in [-0.05, 0) is 66.6 Å². The standard InChI is InChI=1S/C23H19F3N2O3/c24-23(25,26)20-4-2-1-3-15(20)13-14-28-22(30)17-7-11-19(12-8-17)31-18-9-5-16(6-10-18)21(27)29/h1-12H,13-14H2,(H2,27,29)(H,28,30). The van der Waals surface area contributed by atoms with Gasteiger partial charge in [-0.15, -0.1) is 0 Å². The molecule has 0 atom stereocenters. The molecule has 0 aliphatic carbocycles. The van der Waals surface area contributed by atoms with Crippen LogP contribution in [-0.4, -0.2) is 18.4 Å². The topological polar surface area (TPSA) is 81.4 Å². The van der Waals surface area contributed by atoms with Gasteiger partial charge in [-0.3, -0.25) is 9.59 Å². The van der Waals surface area contributed by atoms with Crippen molar-refractivity contribution >= 4 is 11.8 Å². The zero-order chi connectivity index (χ0) is 22.4. The van der Waals surface area contributed by atoms with E-state index in [1.165, 1.54) is 30.3 Å². The first-order chi connectivity index (χ1) is 14.7. The van der Waals surface area contributed by atoms with Crippen molar-refractivity contribution in [3.63, 3.8) is 0 Å². The van der Waals surface area contributed by atoms with Gasteiger partial charge in [0.1, 0.15) is 11.5 Å². The lowest BCUT2D eigenvalue weighted by atomic mass is 10.0. The fraction of sp³-hybridized carbons (Fsp3) is 0.130. The highest BCUT2D eigenvalue weighted by Gasteiger charge is 2.32. The maximum absolute atomic E-state index is 13.0. The van der Waals surface area contributed by atoms with Crippen LogP contribution in [0.15, 0.2) is 72.8 Å². The van der Waals surface area contributed by atoms with Crippen molar-refractivity contribution in [1.29, 1.82) is 0 Å². The number of ether oxygens (including phenoxy) is 1. The molecule has 160 valence electrons. The lowest BCUT2D eigenvalue weighted by Crippen LogP contribution is -2.26. The van der Waals surface area contributed by atoms with E-state index in [4.69, 9.17) is 10.5 Å². The Morgan fingerprint density at radius 3 is 1.94 bits per heavy atom. The second-order valence-corrected chi connectivity index (χ2v) is 6.68. The molecule has 0 heterocycles. The lowest BCUT2D eigenvalue weighted by molar-refractivity contribution is -0.138. The van der Waals surface area contributed by atoms with E-state index in [2.05, 4.69) is 5.32 Å². The molecule has 0 spiro atoms. The smallest absolute Gasteiger partial charge is 0.416 e. The van der Waals surface area contributed by atoms with Crippen LogP contribution in [0.4, 0.5) is 13.2 Å². The fourth-order valence-electron chi connectivity index (χ4n) is 2.93. The molecule has 2 amide bonds. The van der Waals surface area contributed by atoms with Crippen molar-refractivity contribution in [2.75, 3.05) is 6.54 Å². The molecule has 0 unspecified atom stereocenters. The average molecular weight is 428 g/mol. The van der Waals surface area contributed by atoms with Gasteiger partial charge in [0.05, 0.1) is 5.56 Å². The number of halogens is 3. The number of carbonyl (C=O) groups is 2. The Bertz CT molecular complexity index is 1060. The van der Waals surface area contributed by atoms with Gasteiger partial charge in [0.15, 0.2) is 0 Å². The number of hydrogen-bond donors (Lipinski definition) is 2. The summed E-state index contributed by atoms with van der Waals surface area (Å²) in [6, 6.07) is 17.8. The van der Waals surface area contributed by atoms with E-state index in [1.807, 2.05) is 0 Å². The zero-order valence-electron chi connectivity index (χ0n) is 16.3. The maximum Gasteiger partial charge on any atom is 0.416 e. The minimum Gasteiger partial charge on any atom is -0.457 e. The lowest BCUT2D eigenvalue weighted by Gasteiger charge is -2.13. The van der Waals surface area contributed by atoms with Crippen LogP contribution < -0.4 is 15.8 Å². The quantitative estimate of drug-likeness (QED) is 0.579. The van der Waals surface area contributed by atoms with E-state index >= 15 is 0 Å². The van der Waals surface area contributed by atoms with Crippen molar-refractivity contribution in [3.05, 3.63) is 95.1 Å². The summed E-state index contributed by atoms with van der Waals surface area (Å²) in [5.74, 6) is 0.0265. The maximum atomic E-state index is 13.0. The van der Waals surface area contributed by atoms with Crippen LogP contribution in [0.1, 0.15) is 31.8 Å². The van der Waals surface area contributed by atoms with Gasteiger partial charge in [-0.25, -0.2) is 0 Å². The molecule has 8 heteroatoms. The molecule has 0 radical (unpaired) electrons. The van der Waals surface area contributed by atoms with Crippen LogP contribution in [-0.2, 0) is 12.6 Å². The summed E-state index contributed by atoms with van der Waals surface area (Å²) < 4.78 is 44.7. The molecule has 3 aromatic rings. The monoisotopic (exact) mass is 428 g/mol. The Morgan fingerprint density at radius 2 is 1.39 bits per heavy atom. The third-order valence-corrected chi connectivity index (χ3v) is 4.49. The van der Waals surface area contributed by atoms with Gasteiger partial charge in [-0.2, -0.15) is 13.2 Å². The van der Waals surface area contributed by atoms with Crippen molar-refractivity contribution < 1.29 is 27.5 Å². The van der Waals surface area contributed by atoms with Crippen LogP contribution in [0, 0.1) is 0 Å². The average Bonchev–Trinajstić information content (AvgIpc) is 2.74. The molecular weight excluding hydrogens is 409 g/mol. The summed E-state index contributed by atoms with van der Waals surface area (Å²) in [5, 5.41) is 2.62. The molecule has 0 saturated heterocycles. The number of benzene rings is 3. The minimum absolute atomic E-state index is 0.0594. The first-order valence-corrected chi connectivity index (χ1v) is 9.35. The summed E-state index contributed by atoms with van der Waals surface area (Å²) in [7, 11) is 0. The van der Waals surface area contributed by atoms with Crippen molar-refractivity contribution in [3.8, 4) is 11.5 Å². The molecule has 5 nitrogen and oxygen atoms in total. The second-order valence-electron chi connectivity index (χ2n) is 6.68. The molecule has 3 rings (SSSR count). The van der Waals surface area contributed by atoms with Gasteiger partial charge in [-0.1, -0.05) is 18.2 Å². The Kier molecular flexibility index (Phi) is 6.59. The number of amides is 2. The number of nitrogens with one attached hydrogen (secondary N) is 1. The van der Waals surface area contributed by atoms with E-state index in [9.17, 15) is 22.8 Å². The molecular formula is C23H19F3N2O3. The number of rotatable bonds is 7. The van der Waals surface area contributed by atoms with Crippen LogP contribution in [0.5, 0.6) is 11.5 Å². The van der Waals surface area contributed by atoms with Crippen molar-refractivity contribution in [2.45, 2.75) is 12.6 Å². The predicted octanol–water partition coefficient (Wildman–Crippen LogP) is 4.57. The fourth-order valence-corrected chi connectivity index (χ4v) is 2.93. The van der Waals surface area contributed by atoms with Crippen molar-refractivity contribution in [1.82, 2.24) is 5.32 Å². The Morgan fingerprint density at radius 1 is 0.839 bits per heavy atom. The summed E-state index contributed by atoms with van der Waals surface area (Å²) in [6.07, 6.45) is -4.37. The molecule has 3 aromatic carbocycles. The van der Waals surface area contributed by atoms with Gasteiger partial charge in [0, 0.05) is 17.7 Å². The summed E-state index contributed by atoms with van der Waals surface area (Å²) in [4.78, 5) is 23.4. The SMILES string of the molecule is NC(=O)c1ccc(Oc2ccc(C(=O)NCCc3ccccc3C(F)(F)F)cc2)cc1. The van der Waals surface area contributed by atoms with Crippen molar-refractivity contribution in [2.24, 2.45) is 5.73 Å². The summed E-state index contributed by atoms with van der Waals surface area (Å²) in [5.41, 5.74) is 5.32. The van der Waals surface area contributed by atoms with Gasteiger partial charge >= 0.3 is 6.18 Å². The molecule has 31 heavy (non-hydrogen) atoms. The van der Waals surface area contributed by atoms with Gasteiger partial charge in [0.2, 0.25) is 5.91 Å². The van der Waals surface area contributed by atoms with E-state index in [-0.39, 0.29) is 18.5 Å². The number of primary amides is 1. The van der Waals surface area contributed by atoms with Crippen LogP contribution in [0.2, 0.25) is 0 Å². The van der Waals surface area contributed by atoms with E-state index in [0.29, 0.717) is 22.6 Å². The van der Waals surface area contributed by atoms with Crippen LogP contribution >= 0.6 is 0 Å². The largest absolute Gasteiger partial charge is 0.457 e. The van der Waals surface area contributed by atoms with Crippen LogP contribution in [0.25, 0.3) is 0 Å². The van der Waals surface area contributed by atoms with E-state index in [0.717, 1.165) is 6.07 Å². The third kappa shape index (κ3) is 5.85. The number of alkyl halides is 3. The van der Waals surface area contributed by atoms with Crippen LogP contribution in [0.3, 0.4) is 0 Å². The molecule has 0 saturated carbocycles. The minimum atomic E-state index is -4.43. The molecule has 0 aliphatic rings. The van der Waals surface area contributed by atoms with E-state index < -0.39 is 23.6 Å². The highest BCUT2D eigenvalue weighted by Crippen LogP contribution is 2.32. The first kappa shape index (κ1) is 21.9. The second kappa shape index (κ2) is 9.34. The Balaban J connectivity index is 1.55. The van der Waals surface area contributed by atoms with Gasteiger partial charge in [0.25, 0.3) is 5.91 Å². The number of nitrogens with two attached hydrogens (primary N) is 1. The molecule has 0 fully saturated rings. The number of hydrogen-bond acceptors (Lipinski definition) is 3. The first-order valence-electron chi connectivity index (χ1n) is 9.35. The molecule has 0 aliphatic heterocycles. The predicted molar refractivity (Wildman–Crippen MR) is 109 cm³/mol. The van der Waals surface area contributed by atoms with Gasteiger partial charge < -0.3 is 15.8 Å². The molecule has 3 N–H and O–H groups in total. The molecule has 0 aromatic heterocycles. The zero-order valence-corrected chi connectivity index (χ0v) is 16.3. The third-order valence-electron chi connectivity index (χ3n) is 4.49. The Hall–Kier alpha value is -3.81. The van der Waals surface area contributed by atoms with E-state index in [1.54, 1.807) is 36.4 Å². The Labute approximate surface area is 176 Å². The molecule has 0 bridgehead atoms. The highest BCUT2D eigenvalue weighted by atomic mass is 19.4.